The Balaban J connectivity index is 1.65. The van der Waals surface area contributed by atoms with E-state index in [1.54, 1.807) is 0 Å². The molecule has 0 saturated heterocycles. The van der Waals surface area contributed by atoms with Crippen molar-refractivity contribution in [2.24, 2.45) is 46.3 Å². The standard InChI is InChI=1S/C27H40O6/c1-15(6-9-24(31)32-5)19-7-8-20-25-21(14-23(30)27(19,20)4)26(3)11-10-18(29)12-17(26)13-22(25)33-16(2)28/h15,17,19-22,25H,6-14H2,1-5H3/t15-,17?,19-,20+,21+,22?,25+,26+,27-/m1/s1. The van der Waals surface area contributed by atoms with Crippen molar-refractivity contribution >= 4 is 23.5 Å². The molecule has 184 valence electrons. The summed E-state index contributed by atoms with van der Waals surface area (Å²) in [5, 5.41) is 0. The molecule has 0 N–H and O–H groups in total. The van der Waals surface area contributed by atoms with E-state index in [1.807, 2.05) is 0 Å². The van der Waals surface area contributed by atoms with Crippen LogP contribution in [0.2, 0.25) is 0 Å². The highest BCUT2D eigenvalue weighted by Crippen LogP contribution is 2.67. The second kappa shape index (κ2) is 8.81. The van der Waals surface area contributed by atoms with Gasteiger partial charge in [0.15, 0.2) is 0 Å². The largest absolute Gasteiger partial charge is 0.469 e. The zero-order valence-electron chi connectivity index (χ0n) is 20.9. The average Bonchev–Trinajstić information content (AvgIpc) is 3.11. The van der Waals surface area contributed by atoms with Crippen LogP contribution in [0.5, 0.6) is 0 Å². The van der Waals surface area contributed by atoms with Gasteiger partial charge >= 0.3 is 11.9 Å². The van der Waals surface area contributed by atoms with Gasteiger partial charge in [-0.25, -0.2) is 0 Å². The number of ketones is 2. The number of ether oxygens (including phenoxy) is 2. The van der Waals surface area contributed by atoms with Gasteiger partial charge in [0.1, 0.15) is 17.7 Å². The van der Waals surface area contributed by atoms with E-state index >= 15 is 0 Å². The predicted octanol–water partition coefficient (Wildman–Crippen LogP) is 4.52. The molecule has 0 amide bonds. The van der Waals surface area contributed by atoms with Gasteiger partial charge in [0.05, 0.1) is 7.11 Å². The van der Waals surface area contributed by atoms with Gasteiger partial charge in [-0.2, -0.15) is 0 Å². The fourth-order valence-corrected chi connectivity index (χ4v) is 8.63. The lowest BCUT2D eigenvalue weighted by molar-refractivity contribution is -0.190. The molecule has 4 rings (SSSR count). The first-order chi connectivity index (χ1) is 15.5. The summed E-state index contributed by atoms with van der Waals surface area (Å²) in [5.41, 5.74) is -0.510. The van der Waals surface area contributed by atoms with Crippen molar-refractivity contribution in [1.82, 2.24) is 0 Å². The van der Waals surface area contributed by atoms with Crippen LogP contribution in [0.1, 0.15) is 85.5 Å². The Kier molecular flexibility index (Phi) is 6.52. The van der Waals surface area contributed by atoms with Crippen molar-refractivity contribution in [3.05, 3.63) is 0 Å². The molecule has 4 fully saturated rings. The summed E-state index contributed by atoms with van der Waals surface area (Å²) in [5.74, 6) is 1.28. The van der Waals surface area contributed by atoms with E-state index < -0.39 is 5.41 Å². The zero-order valence-corrected chi connectivity index (χ0v) is 20.9. The Morgan fingerprint density at radius 1 is 1.12 bits per heavy atom. The van der Waals surface area contributed by atoms with Crippen LogP contribution < -0.4 is 0 Å². The van der Waals surface area contributed by atoms with Crippen molar-refractivity contribution in [3.63, 3.8) is 0 Å². The summed E-state index contributed by atoms with van der Waals surface area (Å²) in [7, 11) is 1.41. The minimum absolute atomic E-state index is 0.0548. The fourth-order valence-electron chi connectivity index (χ4n) is 8.63. The van der Waals surface area contributed by atoms with Crippen molar-refractivity contribution in [2.45, 2.75) is 91.6 Å². The quantitative estimate of drug-likeness (QED) is 0.561. The van der Waals surface area contributed by atoms with Crippen molar-refractivity contribution in [2.75, 3.05) is 7.11 Å². The first-order valence-corrected chi connectivity index (χ1v) is 12.8. The molecule has 0 aromatic carbocycles. The first kappa shape index (κ1) is 24.4. The number of carbonyl (C=O) groups is 4. The van der Waals surface area contributed by atoms with E-state index in [-0.39, 0.29) is 59.0 Å². The highest BCUT2D eigenvalue weighted by atomic mass is 16.5. The Bertz CT molecular complexity index is 834. The Hall–Kier alpha value is -1.72. The molecular formula is C27H40O6. The van der Waals surface area contributed by atoms with Crippen LogP contribution in [-0.2, 0) is 28.7 Å². The maximum atomic E-state index is 13.9. The third-order valence-corrected chi connectivity index (χ3v) is 10.4. The molecule has 4 aliphatic rings. The number of fused-ring (bicyclic) bond motifs is 5. The number of carbonyl (C=O) groups excluding carboxylic acids is 4. The monoisotopic (exact) mass is 460 g/mol. The highest BCUT2D eigenvalue weighted by Gasteiger charge is 2.66. The van der Waals surface area contributed by atoms with Crippen LogP contribution in [0.25, 0.3) is 0 Å². The fraction of sp³-hybridized carbons (Fsp3) is 0.852. The molecule has 0 heterocycles. The first-order valence-electron chi connectivity index (χ1n) is 12.8. The molecule has 6 nitrogen and oxygen atoms in total. The molecular weight excluding hydrogens is 420 g/mol. The summed E-state index contributed by atoms with van der Waals surface area (Å²) < 4.78 is 10.8. The minimum Gasteiger partial charge on any atom is -0.469 e. The normalized spacial score (nSPS) is 43.2. The zero-order chi connectivity index (χ0) is 24.1. The topological polar surface area (TPSA) is 86.7 Å². The molecule has 9 atom stereocenters. The summed E-state index contributed by atoms with van der Waals surface area (Å²) in [6.07, 6.45) is 5.99. The van der Waals surface area contributed by atoms with Crippen LogP contribution >= 0.6 is 0 Å². The van der Waals surface area contributed by atoms with Gasteiger partial charge in [-0.15, -0.1) is 0 Å². The number of esters is 2. The highest BCUT2D eigenvalue weighted by molar-refractivity contribution is 5.87. The summed E-state index contributed by atoms with van der Waals surface area (Å²) >= 11 is 0. The SMILES string of the molecule is COC(=O)CC[C@@H](C)[C@H]1CC[C@H]2[C@@H]3C(OC(C)=O)CC4CC(=O)CC[C@]4(C)[C@H]3CC(=O)[C@]12C. The van der Waals surface area contributed by atoms with Gasteiger partial charge in [-0.3, -0.25) is 19.2 Å². The van der Waals surface area contributed by atoms with Crippen molar-refractivity contribution in [1.29, 1.82) is 0 Å². The maximum absolute atomic E-state index is 13.9. The van der Waals surface area contributed by atoms with Gasteiger partial charge in [0, 0.05) is 43.9 Å². The second-order valence-corrected chi connectivity index (χ2v) is 11.8. The number of hydrogen-bond donors (Lipinski definition) is 0. The number of rotatable bonds is 5. The summed E-state index contributed by atoms with van der Waals surface area (Å²) in [4.78, 5) is 50.0. The van der Waals surface area contributed by atoms with E-state index in [9.17, 15) is 19.2 Å². The smallest absolute Gasteiger partial charge is 0.305 e. The Morgan fingerprint density at radius 2 is 1.85 bits per heavy atom. The van der Waals surface area contributed by atoms with E-state index in [4.69, 9.17) is 9.47 Å². The van der Waals surface area contributed by atoms with Crippen LogP contribution in [0.4, 0.5) is 0 Å². The van der Waals surface area contributed by atoms with Crippen molar-refractivity contribution < 1.29 is 28.7 Å². The van der Waals surface area contributed by atoms with E-state index in [0.717, 1.165) is 32.1 Å². The van der Waals surface area contributed by atoms with E-state index in [1.165, 1.54) is 14.0 Å². The molecule has 33 heavy (non-hydrogen) atoms. The van der Waals surface area contributed by atoms with Crippen LogP contribution in [0, 0.1) is 46.3 Å². The molecule has 0 aliphatic heterocycles. The van der Waals surface area contributed by atoms with E-state index in [2.05, 4.69) is 20.8 Å². The molecule has 4 saturated carbocycles. The van der Waals surface area contributed by atoms with Gasteiger partial charge in [0.25, 0.3) is 0 Å². The maximum Gasteiger partial charge on any atom is 0.305 e. The number of Topliss-reactive ketones (excluding diaryl/α,β-unsaturated/α-hetero) is 2. The van der Waals surface area contributed by atoms with E-state index in [0.29, 0.717) is 37.2 Å². The third kappa shape index (κ3) is 3.95. The average molecular weight is 461 g/mol. The Morgan fingerprint density at radius 3 is 2.52 bits per heavy atom. The molecule has 6 heteroatoms. The minimum atomic E-state index is -0.456. The number of methoxy groups -OCH3 is 1. The van der Waals surface area contributed by atoms with Gasteiger partial charge < -0.3 is 9.47 Å². The molecule has 0 radical (unpaired) electrons. The predicted molar refractivity (Wildman–Crippen MR) is 122 cm³/mol. The van der Waals surface area contributed by atoms with Crippen molar-refractivity contribution in [3.8, 4) is 0 Å². The number of hydrogen-bond acceptors (Lipinski definition) is 6. The van der Waals surface area contributed by atoms with Crippen LogP contribution in [0.15, 0.2) is 0 Å². The molecule has 0 aromatic rings. The van der Waals surface area contributed by atoms with Gasteiger partial charge in [-0.1, -0.05) is 20.8 Å². The molecule has 0 bridgehead atoms. The molecule has 2 unspecified atom stereocenters. The summed E-state index contributed by atoms with van der Waals surface area (Å²) in [6, 6.07) is 0. The third-order valence-electron chi connectivity index (χ3n) is 10.4. The molecule has 0 aromatic heterocycles. The lowest BCUT2D eigenvalue weighted by Gasteiger charge is -2.61. The van der Waals surface area contributed by atoms with Crippen LogP contribution in [-0.4, -0.2) is 36.7 Å². The lowest BCUT2D eigenvalue weighted by Crippen LogP contribution is -2.61. The van der Waals surface area contributed by atoms with Crippen LogP contribution in [0.3, 0.4) is 0 Å². The second-order valence-electron chi connectivity index (χ2n) is 11.8. The molecule has 0 spiro atoms. The Labute approximate surface area is 197 Å². The lowest BCUT2D eigenvalue weighted by atomic mass is 9.43. The van der Waals surface area contributed by atoms with Gasteiger partial charge in [-0.05, 0) is 67.1 Å². The molecule has 4 aliphatic carbocycles. The van der Waals surface area contributed by atoms with Gasteiger partial charge in [0.2, 0.25) is 0 Å². The summed E-state index contributed by atoms with van der Waals surface area (Å²) in [6.45, 7) is 8.06.